The third kappa shape index (κ3) is 3.33. The second-order valence-corrected chi connectivity index (χ2v) is 7.46. The second kappa shape index (κ2) is 5.72. The Kier molecular flexibility index (Phi) is 4.45. The van der Waals surface area contributed by atoms with Crippen LogP contribution in [0.3, 0.4) is 0 Å². The van der Waals surface area contributed by atoms with Gasteiger partial charge in [-0.25, -0.2) is 13.1 Å². The smallest absolute Gasteiger partial charge is 0.208 e. The fourth-order valence-electron chi connectivity index (χ4n) is 2.37. The highest BCUT2D eigenvalue weighted by Gasteiger charge is 2.23. The highest BCUT2D eigenvalue weighted by atomic mass is 79.9. The Morgan fingerprint density at radius 2 is 1.89 bits per heavy atom. The summed E-state index contributed by atoms with van der Waals surface area (Å²) in [6, 6.07) is 5.44. The summed E-state index contributed by atoms with van der Waals surface area (Å²) in [5.74, 6) is 0. The van der Waals surface area contributed by atoms with E-state index in [4.69, 9.17) is 0 Å². The number of nitrogens with one attached hydrogen (secondary N) is 1. The van der Waals surface area contributed by atoms with Crippen molar-refractivity contribution >= 4 is 26.0 Å². The molecule has 2 rings (SSSR count). The zero-order valence-corrected chi connectivity index (χ0v) is 12.9. The molecule has 18 heavy (non-hydrogen) atoms. The van der Waals surface area contributed by atoms with Crippen molar-refractivity contribution in [1.29, 1.82) is 0 Å². The fourth-order valence-corrected chi connectivity index (χ4v) is 4.45. The minimum Gasteiger partial charge on any atom is -0.208 e. The lowest BCUT2D eigenvalue weighted by atomic mass is 9.96. The molecule has 1 fully saturated rings. The number of rotatable bonds is 3. The molecule has 0 bridgehead atoms. The summed E-state index contributed by atoms with van der Waals surface area (Å²) < 4.78 is 28.3. The van der Waals surface area contributed by atoms with Crippen LogP contribution in [0.15, 0.2) is 27.6 Å². The third-order valence-electron chi connectivity index (χ3n) is 3.37. The molecule has 0 aromatic heterocycles. The van der Waals surface area contributed by atoms with Crippen LogP contribution in [0.5, 0.6) is 0 Å². The van der Waals surface area contributed by atoms with Crippen LogP contribution >= 0.6 is 15.9 Å². The number of benzene rings is 1. The fraction of sp³-hybridized carbons (Fsp3) is 0.538. The van der Waals surface area contributed by atoms with Gasteiger partial charge >= 0.3 is 0 Å². The van der Waals surface area contributed by atoms with Crippen LogP contribution in [-0.4, -0.2) is 14.5 Å². The van der Waals surface area contributed by atoms with Crippen molar-refractivity contribution in [2.45, 2.75) is 50.0 Å². The van der Waals surface area contributed by atoms with Crippen molar-refractivity contribution in [3.05, 3.63) is 28.2 Å². The van der Waals surface area contributed by atoms with E-state index in [-0.39, 0.29) is 6.04 Å². The summed E-state index contributed by atoms with van der Waals surface area (Å²) in [7, 11) is -3.39. The van der Waals surface area contributed by atoms with Crippen molar-refractivity contribution < 1.29 is 8.42 Å². The van der Waals surface area contributed by atoms with E-state index in [0.29, 0.717) is 4.90 Å². The Morgan fingerprint density at radius 3 is 2.56 bits per heavy atom. The topological polar surface area (TPSA) is 46.2 Å². The van der Waals surface area contributed by atoms with Gasteiger partial charge in [-0.1, -0.05) is 41.3 Å². The van der Waals surface area contributed by atoms with Crippen LogP contribution in [0, 0.1) is 6.92 Å². The summed E-state index contributed by atoms with van der Waals surface area (Å²) in [5, 5.41) is 0. The van der Waals surface area contributed by atoms with E-state index >= 15 is 0 Å². The highest BCUT2D eigenvalue weighted by molar-refractivity contribution is 9.10. The quantitative estimate of drug-likeness (QED) is 0.922. The van der Waals surface area contributed by atoms with Crippen LogP contribution in [0.2, 0.25) is 0 Å². The van der Waals surface area contributed by atoms with E-state index in [2.05, 4.69) is 20.7 Å². The summed E-state index contributed by atoms with van der Waals surface area (Å²) in [5.41, 5.74) is 0.779. The average Bonchev–Trinajstić information content (AvgIpc) is 2.33. The SMILES string of the molecule is Cc1ccc(Br)cc1S(=O)(=O)NC1CCCCC1. The molecule has 5 heteroatoms. The Labute approximate surface area is 117 Å². The molecule has 1 aromatic carbocycles. The molecule has 0 aliphatic heterocycles. The van der Waals surface area contributed by atoms with Gasteiger partial charge in [-0.05, 0) is 37.5 Å². The number of hydrogen-bond acceptors (Lipinski definition) is 2. The largest absolute Gasteiger partial charge is 0.241 e. The molecule has 0 heterocycles. The van der Waals surface area contributed by atoms with Gasteiger partial charge in [0.2, 0.25) is 10.0 Å². The first-order valence-corrected chi connectivity index (χ1v) is 8.55. The minimum atomic E-state index is -3.39. The lowest BCUT2D eigenvalue weighted by Crippen LogP contribution is -2.36. The summed E-state index contributed by atoms with van der Waals surface area (Å²) in [6.07, 6.45) is 5.35. The molecule has 0 amide bonds. The predicted molar refractivity (Wildman–Crippen MR) is 76.1 cm³/mol. The van der Waals surface area contributed by atoms with Crippen LogP contribution in [0.4, 0.5) is 0 Å². The molecule has 1 aliphatic carbocycles. The maximum Gasteiger partial charge on any atom is 0.241 e. The highest BCUT2D eigenvalue weighted by Crippen LogP contribution is 2.23. The summed E-state index contributed by atoms with van der Waals surface area (Å²) in [6.45, 7) is 1.82. The third-order valence-corrected chi connectivity index (χ3v) is 5.52. The normalized spacial score (nSPS) is 17.9. The van der Waals surface area contributed by atoms with Crippen molar-refractivity contribution in [3.8, 4) is 0 Å². The summed E-state index contributed by atoms with van der Waals surface area (Å²) in [4.78, 5) is 0.377. The molecule has 0 unspecified atom stereocenters. The standard InChI is InChI=1S/C13H18BrNO2S/c1-10-7-8-11(14)9-13(10)18(16,17)15-12-5-3-2-4-6-12/h7-9,12,15H,2-6H2,1H3. The first-order chi connectivity index (χ1) is 8.49. The molecule has 1 aliphatic rings. The van der Waals surface area contributed by atoms with Gasteiger partial charge in [-0.15, -0.1) is 0 Å². The van der Waals surface area contributed by atoms with Crippen LogP contribution < -0.4 is 4.72 Å². The number of sulfonamides is 1. The molecule has 3 nitrogen and oxygen atoms in total. The number of halogens is 1. The second-order valence-electron chi connectivity index (χ2n) is 4.87. The van der Waals surface area contributed by atoms with Gasteiger partial charge in [0.1, 0.15) is 0 Å². The molecular formula is C13H18BrNO2S. The van der Waals surface area contributed by atoms with Gasteiger partial charge in [0.15, 0.2) is 0 Å². The predicted octanol–water partition coefficient (Wildman–Crippen LogP) is 3.37. The van der Waals surface area contributed by atoms with E-state index in [1.165, 1.54) is 6.42 Å². The van der Waals surface area contributed by atoms with Gasteiger partial charge in [0.25, 0.3) is 0 Å². The monoisotopic (exact) mass is 331 g/mol. The van der Waals surface area contributed by atoms with E-state index in [1.807, 2.05) is 19.1 Å². The van der Waals surface area contributed by atoms with Crippen molar-refractivity contribution in [2.24, 2.45) is 0 Å². The zero-order valence-electron chi connectivity index (χ0n) is 10.4. The number of aryl methyl sites for hydroxylation is 1. The molecule has 1 aromatic rings. The molecular weight excluding hydrogens is 314 g/mol. The molecule has 1 saturated carbocycles. The lowest BCUT2D eigenvalue weighted by Gasteiger charge is -2.23. The van der Waals surface area contributed by atoms with Crippen LogP contribution in [-0.2, 0) is 10.0 Å². The van der Waals surface area contributed by atoms with Crippen molar-refractivity contribution in [2.75, 3.05) is 0 Å². The Morgan fingerprint density at radius 1 is 1.22 bits per heavy atom. The molecule has 0 saturated heterocycles. The van der Waals surface area contributed by atoms with Gasteiger partial charge in [-0.3, -0.25) is 0 Å². The number of hydrogen-bond donors (Lipinski definition) is 1. The first kappa shape index (κ1) is 14.0. The average molecular weight is 332 g/mol. The minimum absolute atomic E-state index is 0.0992. The van der Waals surface area contributed by atoms with E-state index in [9.17, 15) is 8.42 Å². The van der Waals surface area contributed by atoms with Gasteiger partial charge < -0.3 is 0 Å². The zero-order chi connectivity index (χ0) is 13.2. The lowest BCUT2D eigenvalue weighted by molar-refractivity contribution is 0.412. The summed E-state index contributed by atoms with van der Waals surface area (Å²) >= 11 is 3.32. The van der Waals surface area contributed by atoms with Crippen LogP contribution in [0.1, 0.15) is 37.7 Å². The molecule has 100 valence electrons. The Balaban J connectivity index is 2.21. The Bertz CT molecular complexity index is 522. The maximum absolute atomic E-state index is 12.3. The first-order valence-electron chi connectivity index (χ1n) is 6.27. The molecule has 0 spiro atoms. The van der Waals surface area contributed by atoms with E-state index in [0.717, 1.165) is 35.7 Å². The maximum atomic E-state index is 12.3. The van der Waals surface area contributed by atoms with Crippen molar-refractivity contribution in [3.63, 3.8) is 0 Å². The Hall–Kier alpha value is -0.390. The van der Waals surface area contributed by atoms with Gasteiger partial charge in [0.05, 0.1) is 4.90 Å². The molecule has 0 atom stereocenters. The van der Waals surface area contributed by atoms with Crippen LogP contribution in [0.25, 0.3) is 0 Å². The van der Waals surface area contributed by atoms with Crippen molar-refractivity contribution in [1.82, 2.24) is 4.72 Å². The molecule has 1 N–H and O–H groups in total. The molecule has 0 radical (unpaired) electrons. The van der Waals surface area contributed by atoms with E-state index < -0.39 is 10.0 Å². The van der Waals surface area contributed by atoms with Gasteiger partial charge in [0, 0.05) is 10.5 Å². The van der Waals surface area contributed by atoms with E-state index in [1.54, 1.807) is 6.07 Å². The van der Waals surface area contributed by atoms with Gasteiger partial charge in [-0.2, -0.15) is 0 Å².